The molecule has 6 heteroatoms. The number of ether oxygens (including phenoxy) is 1. The van der Waals surface area contributed by atoms with Crippen LogP contribution in [0.1, 0.15) is 30.6 Å². The molecule has 6 nitrogen and oxygen atoms in total. The molecule has 0 bridgehead atoms. The molecule has 0 fully saturated rings. The number of fused-ring (bicyclic) bond motifs is 1. The number of carbonyl (C=O) groups excluding carboxylic acids is 2. The lowest BCUT2D eigenvalue weighted by atomic mass is 10.0. The van der Waals surface area contributed by atoms with Gasteiger partial charge >= 0.3 is 0 Å². The zero-order valence-corrected chi connectivity index (χ0v) is 14.3. The van der Waals surface area contributed by atoms with E-state index in [1.165, 1.54) is 0 Å². The standard InChI is InChI=1S/C19H22N2O4/c1-21(13-16-4-2-10-25-16)19(23)5-3-11-24-15-7-8-17-14(12-15)6-9-18(22)20-17/h2,4,7-8,10,12H,3,5-6,9,11,13H2,1H3,(H,20,22). The van der Waals surface area contributed by atoms with Gasteiger partial charge in [0, 0.05) is 25.6 Å². The van der Waals surface area contributed by atoms with Crippen molar-refractivity contribution in [2.45, 2.75) is 32.2 Å². The van der Waals surface area contributed by atoms with Crippen LogP contribution in [0.5, 0.6) is 5.75 Å². The number of amides is 2. The van der Waals surface area contributed by atoms with E-state index in [2.05, 4.69) is 5.32 Å². The lowest BCUT2D eigenvalue weighted by Gasteiger charge is -2.18. The number of benzene rings is 1. The average Bonchev–Trinajstić information content (AvgIpc) is 3.11. The summed E-state index contributed by atoms with van der Waals surface area (Å²) in [6, 6.07) is 9.33. The Morgan fingerprint density at radius 2 is 2.20 bits per heavy atom. The summed E-state index contributed by atoms with van der Waals surface area (Å²) in [7, 11) is 1.77. The first-order valence-corrected chi connectivity index (χ1v) is 8.44. The first kappa shape index (κ1) is 17.1. The van der Waals surface area contributed by atoms with Gasteiger partial charge < -0.3 is 19.4 Å². The van der Waals surface area contributed by atoms with Crippen molar-refractivity contribution in [1.29, 1.82) is 0 Å². The Kier molecular flexibility index (Phi) is 5.38. The zero-order valence-electron chi connectivity index (χ0n) is 14.3. The second kappa shape index (κ2) is 7.88. The molecule has 25 heavy (non-hydrogen) atoms. The highest BCUT2D eigenvalue weighted by Gasteiger charge is 2.15. The fraction of sp³-hybridized carbons (Fsp3) is 0.368. The molecule has 3 rings (SSSR count). The minimum absolute atomic E-state index is 0.0540. The van der Waals surface area contributed by atoms with Crippen molar-refractivity contribution >= 4 is 17.5 Å². The molecule has 0 saturated heterocycles. The number of aryl methyl sites for hydroxylation is 1. The third-order valence-corrected chi connectivity index (χ3v) is 4.17. The molecule has 2 aromatic rings. The number of hydrogen-bond donors (Lipinski definition) is 1. The summed E-state index contributed by atoms with van der Waals surface area (Å²) in [4.78, 5) is 25.1. The molecular weight excluding hydrogens is 320 g/mol. The van der Waals surface area contributed by atoms with E-state index in [4.69, 9.17) is 9.15 Å². The normalized spacial score (nSPS) is 13.1. The number of anilines is 1. The Bertz CT molecular complexity index is 740. The molecule has 0 spiro atoms. The number of carbonyl (C=O) groups is 2. The summed E-state index contributed by atoms with van der Waals surface area (Å²) in [5.41, 5.74) is 1.95. The number of nitrogens with one attached hydrogen (secondary N) is 1. The smallest absolute Gasteiger partial charge is 0.224 e. The largest absolute Gasteiger partial charge is 0.494 e. The van der Waals surface area contributed by atoms with Crippen molar-refractivity contribution in [2.75, 3.05) is 19.0 Å². The maximum Gasteiger partial charge on any atom is 0.224 e. The van der Waals surface area contributed by atoms with Gasteiger partial charge in [-0.05, 0) is 48.7 Å². The first-order chi connectivity index (χ1) is 12.1. The van der Waals surface area contributed by atoms with E-state index in [1.807, 2.05) is 30.3 Å². The molecule has 1 aromatic carbocycles. The van der Waals surface area contributed by atoms with Crippen LogP contribution in [0.3, 0.4) is 0 Å². The molecule has 0 saturated carbocycles. The Hall–Kier alpha value is -2.76. The third-order valence-electron chi connectivity index (χ3n) is 4.17. The van der Waals surface area contributed by atoms with Gasteiger partial charge in [0.25, 0.3) is 0 Å². The fourth-order valence-corrected chi connectivity index (χ4v) is 2.78. The van der Waals surface area contributed by atoms with Crippen molar-refractivity contribution in [1.82, 2.24) is 4.90 Å². The van der Waals surface area contributed by atoms with Crippen LogP contribution in [0.4, 0.5) is 5.69 Å². The molecule has 1 aromatic heterocycles. The van der Waals surface area contributed by atoms with Gasteiger partial charge in [0.15, 0.2) is 0 Å². The SMILES string of the molecule is CN(Cc1ccco1)C(=O)CCCOc1ccc2c(c1)CCC(=O)N2. The number of hydrogen-bond acceptors (Lipinski definition) is 4. The summed E-state index contributed by atoms with van der Waals surface area (Å²) in [5, 5.41) is 2.85. The molecule has 2 amide bonds. The molecule has 0 aliphatic carbocycles. The van der Waals surface area contributed by atoms with Crippen molar-refractivity contribution in [3.05, 3.63) is 47.9 Å². The van der Waals surface area contributed by atoms with Crippen LogP contribution in [0.25, 0.3) is 0 Å². The van der Waals surface area contributed by atoms with Crippen molar-refractivity contribution < 1.29 is 18.7 Å². The van der Waals surface area contributed by atoms with Crippen LogP contribution in [-0.2, 0) is 22.6 Å². The van der Waals surface area contributed by atoms with Gasteiger partial charge in [0.2, 0.25) is 11.8 Å². The molecule has 0 atom stereocenters. The van der Waals surface area contributed by atoms with E-state index in [0.29, 0.717) is 32.4 Å². The van der Waals surface area contributed by atoms with Crippen LogP contribution in [-0.4, -0.2) is 30.4 Å². The van der Waals surface area contributed by atoms with Gasteiger partial charge in [-0.25, -0.2) is 0 Å². The fourth-order valence-electron chi connectivity index (χ4n) is 2.78. The molecule has 1 aliphatic heterocycles. The Morgan fingerprint density at radius 3 is 3.00 bits per heavy atom. The van der Waals surface area contributed by atoms with Crippen molar-refractivity contribution in [3.63, 3.8) is 0 Å². The van der Waals surface area contributed by atoms with Gasteiger partial charge in [-0.2, -0.15) is 0 Å². The topological polar surface area (TPSA) is 71.8 Å². The van der Waals surface area contributed by atoms with Gasteiger partial charge in [-0.1, -0.05) is 0 Å². The van der Waals surface area contributed by atoms with Crippen LogP contribution < -0.4 is 10.1 Å². The lowest BCUT2D eigenvalue weighted by molar-refractivity contribution is -0.130. The molecule has 132 valence electrons. The molecule has 1 N–H and O–H groups in total. The van der Waals surface area contributed by atoms with Crippen LogP contribution >= 0.6 is 0 Å². The quantitative estimate of drug-likeness (QED) is 0.785. The molecule has 1 aliphatic rings. The monoisotopic (exact) mass is 342 g/mol. The Labute approximate surface area is 146 Å². The number of rotatable bonds is 7. The maximum absolute atomic E-state index is 12.1. The van der Waals surface area contributed by atoms with E-state index in [1.54, 1.807) is 18.2 Å². The van der Waals surface area contributed by atoms with E-state index in [9.17, 15) is 9.59 Å². The average molecular weight is 342 g/mol. The molecule has 2 heterocycles. The van der Waals surface area contributed by atoms with Crippen LogP contribution in [0.2, 0.25) is 0 Å². The van der Waals surface area contributed by atoms with Gasteiger partial charge in [-0.15, -0.1) is 0 Å². The summed E-state index contributed by atoms with van der Waals surface area (Å²) in [5.74, 6) is 1.66. The maximum atomic E-state index is 12.1. The van der Waals surface area contributed by atoms with E-state index in [0.717, 1.165) is 29.2 Å². The van der Waals surface area contributed by atoms with Gasteiger partial charge in [0.1, 0.15) is 11.5 Å². The van der Waals surface area contributed by atoms with E-state index < -0.39 is 0 Å². The number of nitrogens with zero attached hydrogens (tertiary/aromatic N) is 1. The summed E-state index contributed by atoms with van der Waals surface area (Å²) in [6.07, 6.45) is 3.92. The van der Waals surface area contributed by atoms with Gasteiger partial charge in [-0.3, -0.25) is 9.59 Å². The van der Waals surface area contributed by atoms with E-state index in [-0.39, 0.29) is 11.8 Å². The van der Waals surface area contributed by atoms with Crippen LogP contribution in [0, 0.1) is 0 Å². The Balaban J connectivity index is 1.41. The van der Waals surface area contributed by atoms with Crippen LogP contribution in [0.15, 0.2) is 41.0 Å². The summed E-state index contributed by atoms with van der Waals surface area (Å²) in [6.45, 7) is 0.953. The second-order valence-corrected chi connectivity index (χ2v) is 6.15. The minimum Gasteiger partial charge on any atom is -0.494 e. The van der Waals surface area contributed by atoms with E-state index >= 15 is 0 Å². The highest BCUT2D eigenvalue weighted by molar-refractivity contribution is 5.94. The van der Waals surface area contributed by atoms with Crippen molar-refractivity contribution in [2.24, 2.45) is 0 Å². The van der Waals surface area contributed by atoms with Gasteiger partial charge in [0.05, 0.1) is 19.4 Å². The Morgan fingerprint density at radius 1 is 1.32 bits per heavy atom. The highest BCUT2D eigenvalue weighted by Crippen LogP contribution is 2.26. The summed E-state index contributed by atoms with van der Waals surface area (Å²) >= 11 is 0. The minimum atomic E-state index is 0.0540. The van der Waals surface area contributed by atoms with Crippen molar-refractivity contribution in [3.8, 4) is 5.75 Å². The second-order valence-electron chi connectivity index (χ2n) is 6.15. The number of furan rings is 1. The predicted octanol–water partition coefficient (Wildman–Crippen LogP) is 2.98. The molecule has 0 radical (unpaired) electrons. The first-order valence-electron chi connectivity index (χ1n) is 8.44. The predicted molar refractivity (Wildman–Crippen MR) is 93.3 cm³/mol. The molecule has 0 unspecified atom stereocenters. The molecular formula is C19H22N2O4. The zero-order chi connectivity index (χ0) is 17.6. The summed E-state index contributed by atoms with van der Waals surface area (Å²) < 4.78 is 11.0. The lowest BCUT2D eigenvalue weighted by Crippen LogP contribution is -2.26. The third kappa shape index (κ3) is 4.62. The highest BCUT2D eigenvalue weighted by atomic mass is 16.5.